The molecule has 0 aliphatic heterocycles. The largest absolute Gasteiger partial charge is 0.493 e. The number of methoxy groups -OCH3 is 1. The first-order chi connectivity index (χ1) is 7.27. The van der Waals surface area contributed by atoms with Gasteiger partial charge in [0.15, 0.2) is 11.6 Å². The highest BCUT2D eigenvalue weighted by Crippen LogP contribution is 2.21. The van der Waals surface area contributed by atoms with Gasteiger partial charge in [-0.15, -0.1) is 0 Å². The highest BCUT2D eigenvalue weighted by molar-refractivity contribution is 7.99. The number of nitrogens with zero attached hydrogens (tertiary/aromatic N) is 1. The van der Waals surface area contributed by atoms with Crippen molar-refractivity contribution < 1.29 is 4.74 Å². The van der Waals surface area contributed by atoms with Gasteiger partial charge in [0.05, 0.1) is 7.11 Å². The van der Waals surface area contributed by atoms with Gasteiger partial charge in [-0.2, -0.15) is 11.8 Å². The topological polar surface area (TPSA) is 34.2 Å². The van der Waals surface area contributed by atoms with Crippen LogP contribution in [0.2, 0.25) is 0 Å². The van der Waals surface area contributed by atoms with Crippen LogP contribution in [-0.2, 0) is 0 Å². The average molecular weight is 226 g/mol. The van der Waals surface area contributed by atoms with E-state index in [0.29, 0.717) is 6.04 Å². The molecule has 84 valence electrons. The number of pyridine rings is 1. The Labute approximate surface area is 95.6 Å². The van der Waals surface area contributed by atoms with E-state index in [9.17, 15) is 0 Å². The lowest BCUT2D eigenvalue weighted by Gasteiger charge is -2.15. The molecule has 0 aliphatic carbocycles. The molecule has 1 heterocycles. The van der Waals surface area contributed by atoms with Crippen molar-refractivity contribution in [2.75, 3.05) is 23.9 Å². The van der Waals surface area contributed by atoms with Crippen molar-refractivity contribution in [1.82, 2.24) is 4.98 Å². The predicted molar refractivity (Wildman–Crippen MR) is 66.9 cm³/mol. The number of hydrogen-bond acceptors (Lipinski definition) is 4. The van der Waals surface area contributed by atoms with Crippen LogP contribution in [0, 0.1) is 0 Å². The maximum Gasteiger partial charge on any atom is 0.168 e. The fourth-order valence-electron chi connectivity index (χ4n) is 1.23. The Morgan fingerprint density at radius 3 is 3.07 bits per heavy atom. The minimum absolute atomic E-state index is 0.402. The smallest absolute Gasteiger partial charge is 0.168 e. The third kappa shape index (κ3) is 4.00. The summed E-state index contributed by atoms with van der Waals surface area (Å²) in [6, 6.07) is 4.18. The average Bonchev–Trinajstić information content (AvgIpc) is 2.27. The normalized spacial score (nSPS) is 12.2. The molecule has 15 heavy (non-hydrogen) atoms. The monoisotopic (exact) mass is 226 g/mol. The molecule has 1 aromatic heterocycles. The van der Waals surface area contributed by atoms with Crippen LogP contribution in [0.4, 0.5) is 5.82 Å². The van der Waals surface area contributed by atoms with Crippen LogP contribution in [0.5, 0.6) is 5.75 Å². The highest BCUT2D eigenvalue weighted by Gasteiger charge is 2.06. The Bertz CT molecular complexity index is 294. The van der Waals surface area contributed by atoms with E-state index in [1.165, 1.54) is 0 Å². The van der Waals surface area contributed by atoms with Crippen LogP contribution in [-0.4, -0.2) is 29.6 Å². The van der Waals surface area contributed by atoms with Crippen molar-refractivity contribution in [3.8, 4) is 5.75 Å². The second-order valence-corrected chi connectivity index (χ2v) is 4.58. The summed E-state index contributed by atoms with van der Waals surface area (Å²) in [5.41, 5.74) is 0. The highest BCUT2D eigenvalue weighted by atomic mass is 32.2. The Morgan fingerprint density at radius 1 is 1.60 bits per heavy atom. The van der Waals surface area contributed by atoms with Crippen molar-refractivity contribution >= 4 is 17.6 Å². The van der Waals surface area contributed by atoms with Gasteiger partial charge < -0.3 is 10.1 Å². The van der Waals surface area contributed by atoms with Gasteiger partial charge in [0, 0.05) is 18.0 Å². The Hall–Kier alpha value is -0.900. The van der Waals surface area contributed by atoms with Crippen molar-refractivity contribution in [2.45, 2.75) is 19.9 Å². The minimum Gasteiger partial charge on any atom is -0.493 e. The molecule has 3 nitrogen and oxygen atoms in total. The standard InChI is InChI=1S/C11H18N2OS/c1-4-15-8-9(2)13-11-10(14-3)6-5-7-12-11/h5-7,9H,4,8H2,1-3H3,(H,12,13). The predicted octanol–water partition coefficient (Wildman–Crippen LogP) is 2.64. The van der Waals surface area contributed by atoms with Crippen LogP contribution in [0.3, 0.4) is 0 Å². The molecule has 0 radical (unpaired) electrons. The molecule has 0 fully saturated rings. The lowest BCUT2D eigenvalue weighted by Crippen LogP contribution is -2.19. The van der Waals surface area contributed by atoms with E-state index in [1.807, 2.05) is 23.9 Å². The van der Waals surface area contributed by atoms with Gasteiger partial charge in [0.2, 0.25) is 0 Å². The maximum atomic E-state index is 5.22. The molecule has 1 N–H and O–H groups in total. The molecule has 0 aromatic carbocycles. The number of aromatic nitrogens is 1. The second kappa shape index (κ2) is 6.56. The van der Waals surface area contributed by atoms with E-state index >= 15 is 0 Å². The zero-order chi connectivity index (χ0) is 11.1. The van der Waals surface area contributed by atoms with Crippen LogP contribution in [0.1, 0.15) is 13.8 Å². The van der Waals surface area contributed by atoms with Gasteiger partial charge >= 0.3 is 0 Å². The van der Waals surface area contributed by atoms with E-state index in [2.05, 4.69) is 24.1 Å². The summed E-state index contributed by atoms with van der Waals surface area (Å²) >= 11 is 1.92. The summed E-state index contributed by atoms with van der Waals surface area (Å²) < 4.78 is 5.22. The number of thioether (sulfide) groups is 1. The molecule has 0 aliphatic rings. The zero-order valence-corrected chi connectivity index (χ0v) is 10.3. The van der Waals surface area contributed by atoms with E-state index in [-0.39, 0.29) is 0 Å². The molecular weight excluding hydrogens is 208 g/mol. The number of ether oxygens (including phenoxy) is 1. The third-order valence-corrected chi connectivity index (χ3v) is 3.09. The van der Waals surface area contributed by atoms with Gasteiger partial charge in [-0.25, -0.2) is 4.98 Å². The Kier molecular flexibility index (Phi) is 5.32. The molecule has 1 aromatic rings. The fraction of sp³-hybridized carbons (Fsp3) is 0.545. The molecule has 0 saturated carbocycles. The molecule has 1 unspecified atom stereocenters. The molecular formula is C11H18N2OS. The van der Waals surface area contributed by atoms with Gasteiger partial charge in [-0.05, 0) is 24.8 Å². The number of nitrogens with one attached hydrogen (secondary N) is 1. The fourth-order valence-corrected chi connectivity index (χ4v) is 1.91. The van der Waals surface area contributed by atoms with Crippen LogP contribution in [0.15, 0.2) is 18.3 Å². The van der Waals surface area contributed by atoms with Crippen LogP contribution >= 0.6 is 11.8 Å². The van der Waals surface area contributed by atoms with E-state index < -0.39 is 0 Å². The van der Waals surface area contributed by atoms with Gasteiger partial charge in [-0.3, -0.25) is 0 Å². The first-order valence-corrected chi connectivity index (χ1v) is 6.26. The molecule has 4 heteroatoms. The molecule has 0 spiro atoms. The summed E-state index contributed by atoms with van der Waals surface area (Å²) in [6.45, 7) is 4.31. The number of anilines is 1. The summed E-state index contributed by atoms with van der Waals surface area (Å²) in [7, 11) is 1.66. The van der Waals surface area contributed by atoms with Gasteiger partial charge in [0.1, 0.15) is 0 Å². The van der Waals surface area contributed by atoms with Gasteiger partial charge in [0.25, 0.3) is 0 Å². The third-order valence-electron chi connectivity index (χ3n) is 1.95. The lowest BCUT2D eigenvalue weighted by atomic mass is 10.3. The van der Waals surface area contributed by atoms with E-state index in [4.69, 9.17) is 4.74 Å². The molecule has 1 atom stereocenters. The lowest BCUT2D eigenvalue weighted by molar-refractivity contribution is 0.414. The zero-order valence-electron chi connectivity index (χ0n) is 9.49. The quantitative estimate of drug-likeness (QED) is 0.808. The van der Waals surface area contributed by atoms with Gasteiger partial charge in [-0.1, -0.05) is 6.92 Å². The van der Waals surface area contributed by atoms with Crippen molar-refractivity contribution in [1.29, 1.82) is 0 Å². The first-order valence-electron chi connectivity index (χ1n) is 5.11. The van der Waals surface area contributed by atoms with Crippen molar-refractivity contribution in [3.63, 3.8) is 0 Å². The molecule has 0 saturated heterocycles. The first kappa shape index (κ1) is 12.2. The Balaban J connectivity index is 2.55. The number of rotatable bonds is 6. The SMILES string of the molecule is CCSCC(C)Nc1ncccc1OC. The molecule has 1 rings (SSSR count). The van der Waals surface area contributed by atoms with Crippen LogP contribution < -0.4 is 10.1 Å². The molecule has 0 bridgehead atoms. The van der Waals surface area contributed by atoms with Crippen LogP contribution in [0.25, 0.3) is 0 Å². The van der Waals surface area contributed by atoms with Crippen molar-refractivity contribution in [3.05, 3.63) is 18.3 Å². The molecule has 0 amide bonds. The summed E-state index contributed by atoms with van der Waals surface area (Å²) in [5, 5.41) is 3.34. The van der Waals surface area contributed by atoms with Crippen molar-refractivity contribution in [2.24, 2.45) is 0 Å². The van der Waals surface area contributed by atoms with E-state index in [0.717, 1.165) is 23.1 Å². The Morgan fingerprint density at radius 2 is 2.40 bits per heavy atom. The summed E-state index contributed by atoms with van der Waals surface area (Å²) in [6.07, 6.45) is 1.77. The summed E-state index contributed by atoms with van der Waals surface area (Å²) in [4.78, 5) is 4.25. The second-order valence-electron chi connectivity index (χ2n) is 3.26. The summed E-state index contributed by atoms with van der Waals surface area (Å²) in [5.74, 6) is 3.84. The van der Waals surface area contributed by atoms with E-state index in [1.54, 1.807) is 13.3 Å². The number of hydrogen-bond donors (Lipinski definition) is 1. The maximum absolute atomic E-state index is 5.22. The minimum atomic E-state index is 0.402.